The van der Waals surface area contributed by atoms with Crippen molar-refractivity contribution < 1.29 is 9.59 Å². The fraction of sp³-hybridized carbons (Fsp3) is 0.939. The zero-order valence-corrected chi connectivity index (χ0v) is 31.2. The van der Waals surface area contributed by atoms with Crippen molar-refractivity contribution in [1.29, 1.82) is 0 Å². The molecule has 0 aromatic rings. The van der Waals surface area contributed by atoms with Gasteiger partial charge in [0.05, 0.1) is 0 Å². The van der Waals surface area contributed by atoms with Gasteiger partial charge in [0.25, 0.3) is 0 Å². The van der Waals surface area contributed by atoms with E-state index in [1.807, 2.05) is 0 Å². The quantitative estimate of drug-likeness (QED) is 0.227. The van der Waals surface area contributed by atoms with E-state index in [0.29, 0.717) is 23.4 Å². The van der Waals surface area contributed by atoms with Crippen molar-refractivity contribution in [2.75, 3.05) is 0 Å². The van der Waals surface area contributed by atoms with Crippen LogP contribution in [0, 0.1) is 11.8 Å². The monoisotopic (exact) mass is 874 g/mol. The third-order valence-electron chi connectivity index (χ3n) is 8.09. The molecule has 0 aromatic carbocycles. The first-order valence-corrected chi connectivity index (χ1v) is 22.1. The first-order valence-electron chi connectivity index (χ1n) is 15.8. The number of carbonyl (C=O) groups is 2. The molecular formula is C33H65I3O2. The molecule has 0 aliphatic heterocycles. The van der Waals surface area contributed by atoms with Crippen molar-refractivity contribution in [1.82, 2.24) is 0 Å². The third kappa shape index (κ3) is 30.5. The van der Waals surface area contributed by atoms with Crippen LogP contribution in [0.2, 0.25) is 0 Å². The summed E-state index contributed by atoms with van der Waals surface area (Å²) in [6, 6.07) is 0. The van der Waals surface area contributed by atoms with Crippen molar-refractivity contribution in [3.05, 3.63) is 0 Å². The smallest absolute Gasteiger partial charge is 0.135 e. The van der Waals surface area contributed by atoms with Crippen LogP contribution in [0.25, 0.3) is 0 Å². The minimum atomic E-state index is 0. The maximum atomic E-state index is 11.9. The van der Waals surface area contributed by atoms with Crippen molar-refractivity contribution in [2.45, 2.75) is 188 Å². The average Bonchev–Trinajstić information content (AvgIpc) is 2.89. The number of rotatable bonds is 0. The highest BCUT2D eigenvalue weighted by Crippen LogP contribution is 2.19. The zero-order chi connectivity index (χ0) is 26.7. The highest BCUT2D eigenvalue weighted by atomic mass is 128. The van der Waals surface area contributed by atoms with Crippen LogP contribution >= 0.6 is 61.2 Å². The predicted molar refractivity (Wildman–Crippen MR) is 199 cm³/mol. The summed E-state index contributed by atoms with van der Waals surface area (Å²) in [4.78, 5) is 23.6. The molecule has 0 spiro atoms. The van der Waals surface area contributed by atoms with Gasteiger partial charge in [-0.1, -0.05) is 150 Å². The summed E-state index contributed by atoms with van der Waals surface area (Å²) < 4.78 is 0. The van der Waals surface area contributed by atoms with E-state index in [1.54, 1.807) is 0 Å². The third-order valence-corrected chi connectivity index (χ3v) is 8.09. The molecule has 0 aromatic heterocycles. The van der Waals surface area contributed by atoms with Gasteiger partial charge in [0.1, 0.15) is 11.6 Å². The number of hydrogen-bond acceptors (Lipinski definition) is 2. The second kappa shape index (κ2) is 34.7. The van der Waals surface area contributed by atoms with Crippen LogP contribution in [0.3, 0.4) is 0 Å². The van der Waals surface area contributed by atoms with E-state index in [0.717, 1.165) is 38.5 Å². The van der Waals surface area contributed by atoms with Gasteiger partial charge in [0, 0.05) is 62.4 Å². The SMILES string of the molecule is C.CC1CCCCCCCCCCCCC(=O)C1.CC1CCCCCCCCCCCCCC1=O.I.II. The van der Waals surface area contributed by atoms with Crippen LogP contribution < -0.4 is 0 Å². The van der Waals surface area contributed by atoms with E-state index < -0.39 is 0 Å². The summed E-state index contributed by atoms with van der Waals surface area (Å²) in [5.74, 6) is 1.96. The second-order valence-corrected chi connectivity index (χ2v) is 11.7. The van der Waals surface area contributed by atoms with Crippen LogP contribution in [0.15, 0.2) is 0 Å². The van der Waals surface area contributed by atoms with Crippen LogP contribution in [0.1, 0.15) is 188 Å². The summed E-state index contributed by atoms with van der Waals surface area (Å²) in [6.45, 7) is 4.37. The van der Waals surface area contributed by atoms with E-state index in [9.17, 15) is 9.59 Å². The maximum Gasteiger partial charge on any atom is 0.135 e. The molecule has 2 atom stereocenters. The number of ketones is 2. The number of carbonyl (C=O) groups excluding carboxylic acids is 2. The van der Waals surface area contributed by atoms with Gasteiger partial charge < -0.3 is 0 Å². The van der Waals surface area contributed by atoms with Crippen LogP contribution in [0.4, 0.5) is 0 Å². The van der Waals surface area contributed by atoms with Gasteiger partial charge in [0.15, 0.2) is 0 Å². The summed E-state index contributed by atoms with van der Waals surface area (Å²) in [5, 5.41) is 0. The minimum Gasteiger partial charge on any atom is -0.300 e. The van der Waals surface area contributed by atoms with Gasteiger partial charge in [-0.25, -0.2) is 0 Å². The normalized spacial score (nSPS) is 24.4. The van der Waals surface area contributed by atoms with Gasteiger partial charge in [-0.2, -0.15) is 0 Å². The van der Waals surface area contributed by atoms with Gasteiger partial charge in [-0.3, -0.25) is 9.59 Å². The molecule has 0 amide bonds. The van der Waals surface area contributed by atoms with E-state index in [1.165, 1.54) is 128 Å². The highest BCUT2D eigenvalue weighted by molar-refractivity contribution is 15.0. The maximum absolute atomic E-state index is 11.9. The summed E-state index contributed by atoms with van der Waals surface area (Å²) in [6.07, 6.45) is 33.1. The molecule has 2 saturated carbocycles. The second-order valence-electron chi connectivity index (χ2n) is 11.7. The molecule has 2 aliphatic rings. The molecular weight excluding hydrogens is 809 g/mol. The van der Waals surface area contributed by atoms with Crippen LogP contribution in [-0.2, 0) is 9.59 Å². The molecule has 0 bridgehead atoms. The predicted octanol–water partition coefficient (Wildman–Crippen LogP) is 13.6. The van der Waals surface area contributed by atoms with Crippen molar-refractivity contribution in [3.8, 4) is 0 Å². The van der Waals surface area contributed by atoms with Crippen molar-refractivity contribution >= 4 is 72.8 Å². The van der Waals surface area contributed by atoms with Gasteiger partial charge in [-0.05, 0) is 25.2 Å². The lowest BCUT2D eigenvalue weighted by atomic mass is 9.95. The Labute approximate surface area is 279 Å². The molecule has 2 fully saturated rings. The van der Waals surface area contributed by atoms with Gasteiger partial charge >= 0.3 is 0 Å². The Morgan fingerprint density at radius 3 is 1.24 bits per heavy atom. The molecule has 0 radical (unpaired) electrons. The summed E-state index contributed by atoms with van der Waals surface area (Å²) in [5.41, 5.74) is 0. The fourth-order valence-electron chi connectivity index (χ4n) is 5.57. The Morgan fingerprint density at radius 2 is 0.816 bits per heavy atom. The molecule has 0 saturated heterocycles. The number of Topliss-reactive ketones (excluding diaryl/α,β-unsaturated/α-hetero) is 2. The highest BCUT2D eigenvalue weighted by Gasteiger charge is 2.12. The first kappa shape index (κ1) is 44.0. The molecule has 2 aliphatic carbocycles. The average molecular weight is 875 g/mol. The Balaban J connectivity index is -0.000000576. The Hall–Kier alpha value is 1.53. The molecule has 2 nitrogen and oxygen atoms in total. The number of hydrogen-bond donors (Lipinski definition) is 0. The fourth-order valence-corrected chi connectivity index (χ4v) is 5.57. The van der Waals surface area contributed by atoms with Crippen molar-refractivity contribution in [2.24, 2.45) is 11.8 Å². The van der Waals surface area contributed by atoms with Crippen LogP contribution in [-0.4, -0.2) is 11.6 Å². The summed E-state index contributed by atoms with van der Waals surface area (Å²) >= 11 is 4.24. The van der Waals surface area contributed by atoms with Gasteiger partial charge in [0.2, 0.25) is 0 Å². The van der Waals surface area contributed by atoms with E-state index in [-0.39, 0.29) is 31.4 Å². The number of halogens is 3. The molecule has 2 rings (SSSR count). The van der Waals surface area contributed by atoms with E-state index >= 15 is 0 Å². The topological polar surface area (TPSA) is 34.1 Å². The largest absolute Gasteiger partial charge is 0.300 e. The van der Waals surface area contributed by atoms with Crippen LogP contribution in [0.5, 0.6) is 0 Å². The lowest BCUT2D eigenvalue weighted by Gasteiger charge is -2.10. The molecule has 0 heterocycles. The molecule has 230 valence electrons. The first-order chi connectivity index (χ1) is 17.6. The summed E-state index contributed by atoms with van der Waals surface area (Å²) in [7, 11) is 0. The zero-order valence-electron chi connectivity index (χ0n) is 24.5. The standard InChI is InChI=1S/2C16H30O.CH4.I2.HI/c1-15-12-10-8-6-4-2-3-5-7-9-11-13-16(17)14-15;1-15-13-11-9-7-5-3-2-4-6-8-10-12-14-16(15)17;;1-2;/h2*15H,2-14H2,1H3;1H4;;1H. The van der Waals surface area contributed by atoms with Crippen molar-refractivity contribution in [3.63, 3.8) is 0 Å². The van der Waals surface area contributed by atoms with Gasteiger partial charge in [-0.15, -0.1) is 24.0 Å². The molecule has 38 heavy (non-hydrogen) atoms. The lowest BCUT2D eigenvalue weighted by molar-refractivity contribution is -0.122. The Bertz CT molecular complexity index is 499. The van der Waals surface area contributed by atoms with E-state index in [4.69, 9.17) is 0 Å². The Kier molecular flexibility index (Phi) is 40.2. The minimum absolute atomic E-state index is 0. The van der Waals surface area contributed by atoms with E-state index in [2.05, 4.69) is 51.1 Å². The lowest BCUT2D eigenvalue weighted by Crippen LogP contribution is -2.10. The Morgan fingerprint density at radius 1 is 0.500 bits per heavy atom. The molecule has 2 unspecified atom stereocenters. The molecule has 0 N–H and O–H groups in total. The molecule has 5 heteroatoms.